The van der Waals surface area contributed by atoms with E-state index in [1.165, 1.54) is 12.1 Å². The van der Waals surface area contributed by atoms with E-state index in [0.29, 0.717) is 18.6 Å². The van der Waals surface area contributed by atoms with E-state index in [4.69, 9.17) is 4.74 Å². The fraction of sp³-hybridized carbons (Fsp3) is 0.263. The van der Waals surface area contributed by atoms with Gasteiger partial charge >= 0.3 is 5.97 Å². The Bertz CT molecular complexity index is 789. The van der Waals surface area contributed by atoms with Gasteiger partial charge in [-0.2, -0.15) is 0 Å². The number of carbonyl (C=O) groups excluding carboxylic acids is 1. The van der Waals surface area contributed by atoms with Crippen LogP contribution in [0.1, 0.15) is 29.2 Å². The van der Waals surface area contributed by atoms with Crippen molar-refractivity contribution in [2.75, 3.05) is 6.61 Å². The Balaban J connectivity index is 1.64. The van der Waals surface area contributed by atoms with Crippen LogP contribution >= 0.6 is 0 Å². The molecular weight excluding hydrogens is 325 g/mol. The average molecular weight is 343 g/mol. The van der Waals surface area contributed by atoms with E-state index >= 15 is 0 Å². The number of nitrogens with one attached hydrogen (secondary N) is 1. The molecule has 1 unspecified atom stereocenters. The Morgan fingerprint density at radius 1 is 1.20 bits per heavy atom. The number of rotatable bonds is 6. The molecule has 5 nitrogen and oxygen atoms in total. The highest BCUT2D eigenvalue weighted by atomic mass is 19.1. The molecule has 1 heterocycles. The van der Waals surface area contributed by atoms with Gasteiger partial charge in [-0.15, -0.1) is 0 Å². The summed E-state index contributed by atoms with van der Waals surface area (Å²) in [5.74, 6) is -1.06. The number of hydrogen-bond acceptors (Lipinski definition) is 3. The Labute approximate surface area is 144 Å². The molecule has 0 radical (unpaired) electrons. The molecule has 2 aromatic carbocycles. The van der Waals surface area contributed by atoms with Crippen molar-refractivity contribution in [3.63, 3.8) is 0 Å². The molecule has 0 aliphatic carbocycles. The second kappa shape index (κ2) is 7.34. The van der Waals surface area contributed by atoms with Gasteiger partial charge in [-0.25, -0.2) is 9.18 Å². The molecule has 6 heteroatoms. The first-order valence-corrected chi connectivity index (χ1v) is 8.05. The van der Waals surface area contributed by atoms with Gasteiger partial charge in [0, 0.05) is 12.8 Å². The molecule has 1 aliphatic rings. The molecular formula is C19H18FNO4. The van der Waals surface area contributed by atoms with E-state index in [9.17, 15) is 19.1 Å². The Morgan fingerprint density at radius 3 is 2.68 bits per heavy atom. The van der Waals surface area contributed by atoms with Crippen LogP contribution in [-0.2, 0) is 22.4 Å². The molecule has 0 aromatic heterocycles. The van der Waals surface area contributed by atoms with Gasteiger partial charge in [0.1, 0.15) is 11.6 Å². The first-order chi connectivity index (χ1) is 12.0. The number of carbonyl (C=O) groups is 2. The Morgan fingerprint density at radius 2 is 1.96 bits per heavy atom. The minimum Gasteiger partial charge on any atom is -0.493 e. The van der Waals surface area contributed by atoms with Crippen LogP contribution in [0.4, 0.5) is 4.39 Å². The highest BCUT2D eigenvalue weighted by Crippen LogP contribution is 2.28. The van der Waals surface area contributed by atoms with Gasteiger partial charge in [-0.05, 0) is 47.4 Å². The molecule has 1 amide bonds. The number of benzene rings is 2. The summed E-state index contributed by atoms with van der Waals surface area (Å²) < 4.78 is 18.3. The zero-order chi connectivity index (χ0) is 17.8. The zero-order valence-corrected chi connectivity index (χ0v) is 13.5. The van der Waals surface area contributed by atoms with Crippen molar-refractivity contribution in [2.45, 2.75) is 25.3 Å². The summed E-state index contributed by atoms with van der Waals surface area (Å²) in [6.07, 6.45) is 1.27. The average Bonchev–Trinajstić information content (AvgIpc) is 3.06. The first kappa shape index (κ1) is 17.0. The lowest BCUT2D eigenvalue weighted by atomic mass is 10.0. The minimum atomic E-state index is -1.12. The predicted molar refractivity (Wildman–Crippen MR) is 88.9 cm³/mol. The van der Waals surface area contributed by atoms with Gasteiger partial charge < -0.3 is 15.2 Å². The third kappa shape index (κ3) is 4.15. The number of halogens is 1. The zero-order valence-electron chi connectivity index (χ0n) is 13.5. The number of carboxylic acids is 1. The van der Waals surface area contributed by atoms with Crippen molar-refractivity contribution in [1.82, 2.24) is 5.32 Å². The van der Waals surface area contributed by atoms with Gasteiger partial charge in [-0.1, -0.05) is 18.2 Å². The lowest BCUT2D eigenvalue weighted by molar-refractivity contribution is -0.142. The smallest absolute Gasteiger partial charge is 0.330 e. The van der Waals surface area contributed by atoms with E-state index in [2.05, 4.69) is 5.32 Å². The van der Waals surface area contributed by atoms with Gasteiger partial charge in [0.25, 0.3) is 0 Å². The van der Waals surface area contributed by atoms with Crippen LogP contribution in [0.5, 0.6) is 5.75 Å². The maximum absolute atomic E-state index is 12.9. The highest BCUT2D eigenvalue weighted by Gasteiger charge is 2.24. The summed E-state index contributed by atoms with van der Waals surface area (Å²) in [7, 11) is 0. The van der Waals surface area contributed by atoms with Crippen LogP contribution in [0.15, 0.2) is 42.5 Å². The van der Waals surface area contributed by atoms with E-state index < -0.39 is 12.0 Å². The van der Waals surface area contributed by atoms with Crippen LogP contribution < -0.4 is 10.1 Å². The number of fused-ring (bicyclic) bond motifs is 1. The first-order valence-electron chi connectivity index (χ1n) is 8.05. The van der Waals surface area contributed by atoms with Crippen molar-refractivity contribution in [3.8, 4) is 5.75 Å². The van der Waals surface area contributed by atoms with Crippen LogP contribution in [0.2, 0.25) is 0 Å². The van der Waals surface area contributed by atoms with Crippen LogP contribution in [0.3, 0.4) is 0 Å². The lowest BCUT2D eigenvalue weighted by Gasteiger charge is -2.16. The molecule has 2 aromatic rings. The van der Waals surface area contributed by atoms with Gasteiger partial charge in [-0.3, -0.25) is 4.79 Å². The molecule has 0 saturated carbocycles. The number of aryl methyl sites for hydroxylation is 1. The van der Waals surface area contributed by atoms with E-state index in [-0.39, 0.29) is 18.1 Å². The van der Waals surface area contributed by atoms with E-state index in [0.717, 1.165) is 23.3 Å². The maximum Gasteiger partial charge on any atom is 0.330 e. The minimum absolute atomic E-state index is 0.128. The summed E-state index contributed by atoms with van der Waals surface area (Å²) in [5, 5.41) is 12.0. The molecule has 0 bridgehead atoms. The fourth-order valence-corrected chi connectivity index (χ4v) is 2.82. The molecule has 1 atom stereocenters. The second-order valence-electron chi connectivity index (χ2n) is 5.93. The number of amides is 1. The largest absolute Gasteiger partial charge is 0.493 e. The van der Waals surface area contributed by atoms with Gasteiger partial charge in [0.15, 0.2) is 6.04 Å². The normalized spacial score (nSPS) is 13.6. The number of aliphatic carboxylic acids is 1. The predicted octanol–water partition coefficient (Wildman–Crippen LogP) is 2.64. The fourth-order valence-electron chi connectivity index (χ4n) is 2.82. The summed E-state index contributed by atoms with van der Waals surface area (Å²) in [6, 6.07) is 9.93. The van der Waals surface area contributed by atoms with E-state index in [1.54, 1.807) is 30.3 Å². The molecule has 0 fully saturated rings. The van der Waals surface area contributed by atoms with Crippen molar-refractivity contribution in [1.29, 1.82) is 0 Å². The molecule has 0 saturated heterocycles. The summed E-state index contributed by atoms with van der Waals surface area (Å²) >= 11 is 0. The van der Waals surface area contributed by atoms with Gasteiger partial charge in [0.2, 0.25) is 5.91 Å². The third-order valence-corrected chi connectivity index (χ3v) is 4.15. The van der Waals surface area contributed by atoms with E-state index in [1.807, 2.05) is 0 Å². The quantitative estimate of drug-likeness (QED) is 0.845. The number of carboxylic acid groups (broad SMARTS) is 1. The molecule has 130 valence electrons. The standard InChI is InChI=1S/C19H18FNO4/c20-15-5-1-12(2-6-15)3-8-17(22)21-18(19(23)24)14-4-7-16-13(11-14)9-10-25-16/h1-2,4-7,11,18H,3,8-10H2,(H,21,22)(H,23,24). The van der Waals surface area contributed by atoms with Crippen molar-refractivity contribution < 1.29 is 23.8 Å². The SMILES string of the molecule is O=C(CCc1ccc(F)cc1)NC(C(=O)O)c1ccc2c(c1)CCO2. The van der Waals surface area contributed by atoms with Crippen molar-refractivity contribution in [3.05, 3.63) is 65.0 Å². The summed E-state index contributed by atoms with van der Waals surface area (Å²) in [6.45, 7) is 0.584. The number of ether oxygens (including phenoxy) is 1. The Hall–Kier alpha value is -2.89. The summed E-state index contributed by atoms with van der Waals surface area (Å²) in [4.78, 5) is 23.7. The van der Waals surface area contributed by atoms with Crippen molar-refractivity contribution in [2.24, 2.45) is 0 Å². The molecule has 0 spiro atoms. The Kier molecular flexibility index (Phi) is 4.97. The summed E-state index contributed by atoms with van der Waals surface area (Å²) in [5.41, 5.74) is 2.29. The molecule has 2 N–H and O–H groups in total. The van der Waals surface area contributed by atoms with Crippen LogP contribution in [0.25, 0.3) is 0 Å². The number of hydrogen-bond donors (Lipinski definition) is 2. The third-order valence-electron chi connectivity index (χ3n) is 4.15. The lowest BCUT2D eigenvalue weighted by Crippen LogP contribution is -2.33. The second-order valence-corrected chi connectivity index (χ2v) is 5.93. The monoisotopic (exact) mass is 343 g/mol. The topological polar surface area (TPSA) is 75.6 Å². The van der Waals surface area contributed by atoms with Gasteiger partial charge in [0.05, 0.1) is 6.61 Å². The highest BCUT2D eigenvalue weighted by molar-refractivity contribution is 5.84. The van der Waals surface area contributed by atoms with Crippen LogP contribution in [0, 0.1) is 5.82 Å². The molecule has 1 aliphatic heterocycles. The van der Waals surface area contributed by atoms with Crippen LogP contribution in [-0.4, -0.2) is 23.6 Å². The van der Waals surface area contributed by atoms with Crippen molar-refractivity contribution >= 4 is 11.9 Å². The maximum atomic E-state index is 12.9. The molecule has 25 heavy (non-hydrogen) atoms. The molecule has 3 rings (SSSR count).